The minimum atomic E-state index is -3.92. The number of aromatic hydroxyl groups is 2. The van der Waals surface area contributed by atoms with E-state index >= 15 is 0 Å². The first kappa shape index (κ1) is 27.9. The number of aliphatic hydroxyl groups excluding tert-OH is 2. The van der Waals surface area contributed by atoms with Gasteiger partial charge in [-0.15, -0.1) is 0 Å². The quantitative estimate of drug-likeness (QED) is 0.245. The highest BCUT2D eigenvalue weighted by Crippen LogP contribution is 2.37. The maximum absolute atomic E-state index is 11.8. The van der Waals surface area contributed by atoms with Crippen molar-refractivity contribution in [1.82, 2.24) is 9.44 Å². The van der Waals surface area contributed by atoms with Gasteiger partial charge in [0.2, 0.25) is 0 Å². The summed E-state index contributed by atoms with van der Waals surface area (Å²) < 4.78 is 52.6. The van der Waals surface area contributed by atoms with Gasteiger partial charge < -0.3 is 20.4 Å². The van der Waals surface area contributed by atoms with Gasteiger partial charge in [0.1, 0.15) is 24.6 Å². The highest BCUT2D eigenvalue weighted by Gasteiger charge is 2.37. The Bertz CT molecular complexity index is 1490. The van der Waals surface area contributed by atoms with Crippen LogP contribution in [0.25, 0.3) is 0 Å². The Morgan fingerprint density at radius 1 is 0.650 bits per heavy atom. The number of hydrogen-bond donors (Lipinski definition) is 6. The van der Waals surface area contributed by atoms with Crippen LogP contribution in [0.5, 0.6) is 11.5 Å². The standard InChI is InChI=1S/2C12H14N2O5S/c2*15-9-2-1-7-4-10(11(16)5-8(7)3-9)14-6-12(17)13-20(14,18)19/h2*4-5,9,15-16H,1-3,6H2,(H,13,17). The van der Waals surface area contributed by atoms with Gasteiger partial charge in [0, 0.05) is 0 Å². The largest absolute Gasteiger partial charge is 0.506 e. The highest BCUT2D eigenvalue weighted by molar-refractivity contribution is 7.92. The van der Waals surface area contributed by atoms with E-state index in [1.807, 2.05) is 9.44 Å². The Hall–Kier alpha value is -3.60. The van der Waals surface area contributed by atoms with Gasteiger partial charge in [0.15, 0.2) is 0 Å². The number of carbonyl (C=O) groups is 2. The third-order valence-electron chi connectivity index (χ3n) is 7.18. The van der Waals surface area contributed by atoms with Crippen LogP contribution in [0.2, 0.25) is 0 Å². The number of aryl methyl sites for hydroxylation is 2. The second kappa shape index (κ2) is 10.1. The highest BCUT2D eigenvalue weighted by atomic mass is 32.2. The van der Waals surface area contributed by atoms with Crippen molar-refractivity contribution in [3.05, 3.63) is 46.5 Å². The zero-order valence-electron chi connectivity index (χ0n) is 21.1. The number of carbonyl (C=O) groups excluding carboxylic acids is 2. The smallest absolute Gasteiger partial charge is 0.326 e. The SMILES string of the molecule is O=C1CN(c2cc3c(cc2O)CC(O)CC3)S(=O)(=O)N1.O=C1CN(c2cc3c(cc2O)CC(O)CC3)S(=O)(=O)N1. The Labute approximate surface area is 230 Å². The number of amides is 2. The summed E-state index contributed by atoms with van der Waals surface area (Å²) in [7, 11) is -7.85. The topological polar surface area (TPSA) is 214 Å². The lowest BCUT2D eigenvalue weighted by atomic mass is 9.89. The molecule has 40 heavy (non-hydrogen) atoms. The summed E-state index contributed by atoms with van der Waals surface area (Å²) in [6.45, 7) is -0.672. The molecule has 2 aromatic rings. The minimum absolute atomic E-state index is 0.0958. The first-order valence-electron chi connectivity index (χ1n) is 12.5. The molecular formula is C24H28N4O10S2. The van der Waals surface area contributed by atoms with Crippen molar-refractivity contribution in [2.45, 2.75) is 50.7 Å². The fourth-order valence-electron chi connectivity index (χ4n) is 5.25. The van der Waals surface area contributed by atoms with E-state index in [1.54, 1.807) is 12.1 Å². The lowest BCUT2D eigenvalue weighted by molar-refractivity contribution is -0.118. The Balaban J connectivity index is 0.000000161. The van der Waals surface area contributed by atoms with E-state index in [9.17, 15) is 46.9 Å². The number of benzene rings is 2. The van der Waals surface area contributed by atoms with Crippen molar-refractivity contribution in [1.29, 1.82) is 0 Å². The van der Waals surface area contributed by atoms with Crippen LogP contribution in [0.1, 0.15) is 35.1 Å². The Kier molecular flexibility index (Phi) is 7.06. The number of phenolic OH excluding ortho intramolecular Hbond substituents is 2. The third-order valence-corrected chi connectivity index (χ3v) is 9.96. The van der Waals surface area contributed by atoms with E-state index in [2.05, 4.69) is 0 Å². The lowest BCUT2D eigenvalue weighted by Crippen LogP contribution is -2.30. The van der Waals surface area contributed by atoms with Gasteiger partial charge in [-0.1, -0.05) is 0 Å². The lowest BCUT2D eigenvalue weighted by Gasteiger charge is -2.24. The molecule has 0 bridgehead atoms. The molecule has 2 aliphatic carbocycles. The second-order valence-corrected chi connectivity index (χ2v) is 13.3. The van der Waals surface area contributed by atoms with Crippen LogP contribution in [0, 0.1) is 0 Å². The summed E-state index contributed by atoms with van der Waals surface area (Å²) in [4.78, 5) is 22.5. The molecule has 2 saturated heterocycles. The average molecular weight is 597 g/mol. The van der Waals surface area contributed by atoms with Crippen molar-refractivity contribution in [2.24, 2.45) is 0 Å². The molecule has 216 valence electrons. The first-order valence-corrected chi connectivity index (χ1v) is 15.3. The molecule has 6 N–H and O–H groups in total. The molecule has 0 saturated carbocycles. The van der Waals surface area contributed by atoms with Crippen LogP contribution in [0.3, 0.4) is 0 Å². The zero-order valence-corrected chi connectivity index (χ0v) is 22.7. The summed E-state index contributed by atoms with van der Waals surface area (Å²) in [5, 5.41) is 39.2. The number of anilines is 2. The monoisotopic (exact) mass is 596 g/mol. The number of rotatable bonds is 2. The van der Waals surface area contributed by atoms with Gasteiger partial charge >= 0.3 is 20.4 Å². The van der Waals surface area contributed by atoms with Crippen LogP contribution >= 0.6 is 0 Å². The van der Waals surface area contributed by atoms with Gasteiger partial charge in [-0.2, -0.15) is 16.8 Å². The molecule has 2 heterocycles. The molecule has 2 aromatic carbocycles. The molecular weight excluding hydrogens is 568 g/mol. The van der Waals surface area contributed by atoms with Crippen molar-refractivity contribution < 1.29 is 46.9 Å². The third kappa shape index (κ3) is 5.39. The van der Waals surface area contributed by atoms with Crippen LogP contribution in [-0.4, -0.2) is 74.4 Å². The fourth-order valence-corrected chi connectivity index (χ4v) is 7.56. The number of hydrogen-bond acceptors (Lipinski definition) is 10. The average Bonchev–Trinajstić information content (AvgIpc) is 3.29. The molecule has 16 heteroatoms. The van der Waals surface area contributed by atoms with Crippen molar-refractivity contribution in [2.75, 3.05) is 21.7 Å². The van der Waals surface area contributed by atoms with E-state index in [0.29, 0.717) is 38.5 Å². The normalized spacial score (nSPS) is 24.4. The van der Waals surface area contributed by atoms with Crippen LogP contribution in [-0.2, 0) is 55.7 Å². The molecule has 2 aliphatic heterocycles. The van der Waals surface area contributed by atoms with Crippen molar-refractivity contribution in [3.8, 4) is 11.5 Å². The summed E-state index contributed by atoms with van der Waals surface area (Å²) in [5.74, 6) is -1.68. The van der Waals surface area contributed by atoms with E-state index in [1.165, 1.54) is 12.1 Å². The first-order chi connectivity index (χ1) is 18.7. The molecule has 0 aromatic heterocycles. The summed E-state index contributed by atoms with van der Waals surface area (Å²) in [6.07, 6.45) is 2.42. The molecule has 6 rings (SSSR count). The molecule has 2 unspecified atom stereocenters. The molecule has 2 fully saturated rings. The van der Waals surface area contributed by atoms with Crippen LogP contribution in [0.15, 0.2) is 24.3 Å². The zero-order chi connectivity index (χ0) is 29.0. The van der Waals surface area contributed by atoms with E-state index in [0.717, 1.165) is 30.9 Å². The molecule has 14 nitrogen and oxygen atoms in total. The van der Waals surface area contributed by atoms with E-state index in [-0.39, 0.29) is 36.0 Å². The van der Waals surface area contributed by atoms with E-state index in [4.69, 9.17) is 0 Å². The summed E-state index contributed by atoms with van der Waals surface area (Å²) in [5.41, 5.74) is 3.58. The number of aliphatic hydroxyl groups is 2. The van der Waals surface area contributed by atoms with Gasteiger partial charge in [0.25, 0.3) is 11.8 Å². The van der Waals surface area contributed by atoms with Crippen molar-refractivity contribution in [3.63, 3.8) is 0 Å². The van der Waals surface area contributed by atoms with Crippen LogP contribution in [0.4, 0.5) is 11.4 Å². The number of phenols is 2. The van der Waals surface area contributed by atoms with Gasteiger partial charge in [0.05, 0.1) is 23.6 Å². The molecule has 4 aliphatic rings. The van der Waals surface area contributed by atoms with Gasteiger partial charge in [-0.3, -0.25) is 9.59 Å². The summed E-state index contributed by atoms with van der Waals surface area (Å²) >= 11 is 0. The minimum Gasteiger partial charge on any atom is -0.506 e. The van der Waals surface area contributed by atoms with E-state index < -0.39 is 44.4 Å². The Morgan fingerprint density at radius 2 is 1.02 bits per heavy atom. The number of nitrogens with one attached hydrogen (secondary N) is 2. The van der Waals surface area contributed by atoms with Gasteiger partial charge in [-0.05, 0) is 85.0 Å². The maximum atomic E-state index is 11.8. The number of nitrogens with zero attached hydrogens (tertiary/aromatic N) is 2. The predicted octanol–water partition coefficient (Wildman–Crippen LogP) is -1.15. The maximum Gasteiger partial charge on any atom is 0.326 e. The van der Waals surface area contributed by atoms with Crippen LogP contribution < -0.4 is 18.1 Å². The van der Waals surface area contributed by atoms with Gasteiger partial charge in [-0.25, -0.2) is 18.1 Å². The number of fused-ring (bicyclic) bond motifs is 2. The molecule has 2 amide bonds. The van der Waals surface area contributed by atoms with Crippen molar-refractivity contribution >= 4 is 43.6 Å². The molecule has 2 atom stereocenters. The second-order valence-electron chi connectivity index (χ2n) is 10.1. The summed E-state index contributed by atoms with van der Waals surface area (Å²) in [6, 6.07) is 6.08. The Morgan fingerprint density at radius 3 is 1.35 bits per heavy atom. The molecule has 0 spiro atoms. The fraction of sp³-hybridized carbons (Fsp3) is 0.417. The molecule has 0 radical (unpaired) electrons. The predicted molar refractivity (Wildman–Crippen MR) is 141 cm³/mol.